The number of halogens is 2. The lowest BCUT2D eigenvalue weighted by molar-refractivity contribution is -0.0876. The van der Waals surface area contributed by atoms with E-state index in [9.17, 15) is 0 Å². The van der Waals surface area contributed by atoms with E-state index in [1.807, 2.05) is 26.2 Å². The highest BCUT2D eigenvalue weighted by Gasteiger charge is 2.57. The standard InChI is InChI=1S/C13H15ClN2OS.ClH/c1-15-12-16(2)13(17-3)10-5-4-9(14)6-8(10)7-11(13)18-12;/h4-6,11H,7H2,1-3H3;1H. The molecule has 3 rings (SSSR count). The smallest absolute Gasteiger partial charge is 0.181 e. The number of methoxy groups -OCH3 is 1. The number of amidine groups is 1. The summed E-state index contributed by atoms with van der Waals surface area (Å²) in [4.78, 5) is 6.47. The van der Waals surface area contributed by atoms with Crippen LogP contribution < -0.4 is 0 Å². The third-order valence-corrected chi connectivity index (χ3v) is 5.50. The lowest BCUT2D eigenvalue weighted by Crippen LogP contribution is -2.45. The van der Waals surface area contributed by atoms with Gasteiger partial charge >= 0.3 is 0 Å². The maximum Gasteiger partial charge on any atom is 0.181 e. The van der Waals surface area contributed by atoms with Crippen molar-refractivity contribution in [2.45, 2.75) is 17.4 Å². The first kappa shape index (κ1) is 15.0. The van der Waals surface area contributed by atoms with Crippen LogP contribution in [-0.2, 0) is 16.9 Å². The van der Waals surface area contributed by atoms with Gasteiger partial charge in [0.1, 0.15) is 0 Å². The highest BCUT2D eigenvalue weighted by Crippen LogP contribution is 2.53. The summed E-state index contributed by atoms with van der Waals surface area (Å²) in [7, 11) is 5.64. The molecule has 2 atom stereocenters. The van der Waals surface area contributed by atoms with Gasteiger partial charge in [-0.15, -0.1) is 12.4 Å². The van der Waals surface area contributed by atoms with Crippen molar-refractivity contribution in [1.82, 2.24) is 4.90 Å². The molecule has 19 heavy (non-hydrogen) atoms. The Morgan fingerprint density at radius 3 is 2.89 bits per heavy atom. The normalized spacial score (nSPS) is 30.2. The summed E-state index contributed by atoms with van der Waals surface area (Å²) >= 11 is 7.86. The second kappa shape index (κ2) is 5.17. The topological polar surface area (TPSA) is 24.8 Å². The third kappa shape index (κ3) is 1.88. The van der Waals surface area contributed by atoms with Crippen LogP contribution >= 0.6 is 35.8 Å². The fourth-order valence-corrected chi connectivity index (χ4v) is 4.69. The van der Waals surface area contributed by atoms with E-state index in [0.717, 1.165) is 16.6 Å². The molecule has 1 aliphatic heterocycles. The summed E-state index contributed by atoms with van der Waals surface area (Å²) in [5.74, 6) is 0. The maximum absolute atomic E-state index is 6.08. The Hall–Kier alpha value is -0.420. The summed E-state index contributed by atoms with van der Waals surface area (Å²) in [5, 5.41) is 2.17. The number of nitrogens with zero attached hydrogens (tertiary/aromatic N) is 2. The van der Waals surface area contributed by atoms with Crippen molar-refractivity contribution in [3.8, 4) is 0 Å². The molecule has 0 aromatic heterocycles. The van der Waals surface area contributed by atoms with Crippen LogP contribution in [0.2, 0.25) is 5.02 Å². The average molecular weight is 319 g/mol. The second-order valence-corrected chi connectivity index (χ2v) is 6.18. The minimum atomic E-state index is -0.389. The minimum absolute atomic E-state index is 0. The number of hydrogen-bond donors (Lipinski definition) is 0. The largest absolute Gasteiger partial charge is 0.353 e. The summed E-state index contributed by atoms with van der Waals surface area (Å²) in [6.45, 7) is 0. The molecule has 0 bridgehead atoms. The zero-order chi connectivity index (χ0) is 12.9. The minimum Gasteiger partial charge on any atom is -0.353 e. The predicted octanol–water partition coefficient (Wildman–Crippen LogP) is 3.15. The summed E-state index contributed by atoms with van der Waals surface area (Å²) in [6.07, 6.45) is 0.970. The van der Waals surface area contributed by atoms with E-state index in [1.54, 1.807) is 18.9 Å². The van der Waals surface area contributed by atoms with Crippen molar-refractivity contribution in [3.63, 3.8) is 0 Å². The Balaban J connectivity index is 0.00000133. The van der Waals surface area contributed by atoms with Crippen LogP contribution in [0, 0.1) is 0 Å². The molecule has 0 spiro atoms. The van der Waals surface area contributed by atoms with Gasteiger partial charge < -0.3 is 9.64 Å². The number of hydrogen-bond acceptors (Lipinski definition) is 3. The molecule has 104 valence electrons. The number of fused-ring (bicyclic) bond motifs is 3. The highest BCUT2D eigenvalue weighted by molar-refractivity contribution is 8.14. The van der Waals surface area contributed by atoms with Gasteiger partial charge in [-0.2, -0.15) is 0 Å². The summed E-state index contributed by atoms with van der Waals surface area (Å²) in [5.41, 5.74) is 2.11. The van der Waals surface area contributed by atoms with Crippen molar-refractivity contribution in [2.75, 3.05) is 21.2 Å². The number of rotatable bonds is 1. The first-order chi connectivity index (χ1) is 8.63. The monoisotopic (exact) mass is 318 g/mol. The van der Waals surface area contributed by atoms with E-state index in [4.69, 9.17) is 16.3 Å². The van der Waals surface area contributed by atoms with Crippen LogP contribution in [0.3, 0.4) is 0 Å². The van der Waals surface area contributed by atoms with E-state index in [2.05, 4.69) is 16.0 Å². The molecule has 6 heteroatoms. The third-order valence-electron chi connectivity index (χ3n) is 3.83. The van der Waals surface area contributed by atoms with Crippen LogP contribution in [0.1, 0.15) is 11.1 Å². The molecule has 0 amide bonds. The van der Waals surface area contributed by atoms with Gasteiger partial charge in [0.25, 0.3) is 0 Å². The van der Waals surface area contributed by atoms with Gasteiger partial charge in [0, 0.05) is 31.8 Å². The molecule has 0 saturated carbocycles. The van der Waals surface area contributed by atoms with Crippen LogP contribution in [-0.4, -0.2) is 36.5 Å². The van der Waals surface area contributed by atoms with Crippen LogP contribution in [0.25, 0.3) is 0 Å². The zero-order valence-electron chi connectivity index (χ0n) is 11.0. The fourth-order valence-electron chi connectivity index (χ4n) is 3.04. The average Bonchev–Trinajstić information content (AvgIpc) is 2.81. The predicted molar refractivity (Wildman–Crippen MR) is 83.6 cm³/mol. The molecule has 1 aromatic carbocycles. The Kier molecular flexibility index (Phi) is 4.07. The van der Waals surface area contributed by atoms with E-state index >= 15 is 0 Å². The van der Waals surface area contributed by atoms with E-state index < -0.39 is 0 Å². The molecule has 2 aliphatic rings. The first-order valence-electron chi connectivity index (χ1n) is 5.84. The molecular formula is C13H16Cl2N2OS. The summed E-state index contributed by atoms with van der Waals surface area (Å²) in [6, 6.07) is 6.06. The van der Waals surface area contributed by atoms with E-state index in [0.29, 0.717) is 5.25 Å². The summed E-state index contributed by atoms with van der Waals surface area (Å²) < 4.78 is 5.91. The first-order valence-corrected chi connectivity index (χ1v) is 7.10. The Labute approximate surface area is 128 Å². The van der Waals surface area contributed by atoms with Gasteiger partial charge in [-0.05, 0) is 24.1 Å². The number of ether oxygens (including phenoxy) is 1. The van der Waals surface area contributed by atoms with Crippen molar-refractivity contribution < 1.29 is 4.74 Å². The molecule has 0 N–H and O–H groups in total. The van der Waals surface area contributed by atoms with Gasteiger partial charge in [-0.3, -0.25) is 4.99 Å². The van der Waals surface area contributed by atoms with Gasteiger partial charge in [0.05, 0.1) is 5.25 Å². The molecular weight excluding hydrogens is 303 g/mol. The Morgan fingerprint density at radius 2 is 2.26 bits per heavy atom. The van der Waals surface area contributed by atoms with Crippen LogP contribution in [0.5, 0.6) is 0 Å². The number of thioether (sulfide) groups is 1. The van der Waals surface area contributed by atoms with Gasteiger partial charge in [-0.25, -0.2) is 0 Å². The molecule has 2 unspecified atom stereocenters. The van der Waals surface area contributed by atoms with E-state index in [-0.39, 0.29) is 18.1 Å². The van der Waals surface area contributed by atoms with Crippen molar-refractivity contribution in [3.05, 3.63) is 34.3 Å². The van der Waals surface area contributed by atoms with E-state index in [1.165, 1.54) is 11.1 Å². The van der Waals surface area contributed by atoms with Crippen LogP contribution in [0.15, 0.2) is 23.2 Å². The number of aliphatic imine (C=N–C) groups is 1. The molecule has 3 nitrogen and oxygen atoms in total. The van der Waals surface area contributed by atoms with Gasteiger partial charge in [0.15, 0.2) is 10.9 Å². The highest BCUT2D eigenvalue weighted by atomic mass is 35.5. The molecule has 1 fully saturated rings. The molecule has 1 saturated heterocycles. The molecule has 1 heterocycles. The van der Waals surface area contributed by atoms with Crippen molar-refractivity contribution in [2.24, 2.45) is 4.99 Å². The SMILES string of the molecule is CN=C1SC2Cc3cc(Cl)ccc3C2(OC)N1C.Cl. The van der Waals surface area contributed by atoms with Gasteiger partial charge in [-0.1, -0.05) is 29.4 Å². The van der Waals surface area contributed by atoms with Crippen molar-refractivity contribution in [1.29, 1.82) is 0 Å². The quantitative estimate of drug-likeness (QED) is 0.795. The molecule has 1 aromatic rings. The maximum atomic E-state index is 6.08. The zero-order valence-corrected chi connectivity index (χ0v) is 13.4. The second-order valence-electron chi connectivity index (χ2n) is 4.58. The lowest BCUT2D eigenvalue weighted by Gasteiger charge is -2.35. The molecule has 1 aliphatic carbocycles. The Morgan fingerprint density at radius 1 is 1.53 bits per heavy atom. The van der Waals surface area contributed by atoms with Crippen molar-refractivity contribution >= 4 is 40.9 Å². The van der Waals surface area contributed by atoms with Crippen LogP contribution in [0.4, 0.5) is 0 Å². The van der Waals surface area contributed by atoms with Gasteiger partial charge in [0.2, 0.25) is 0 Å². The lowest BCUT2D eigenvalue weighted by atomic mass is 10.0. The molecule has 0 radical (unpaired) electrons. The Bertz CT molecular complexity index is 537. The fraction of sp³-hybridized carbons (Fsp3) is 0.462. The number of benzene rings is 1.